The summed E-state index contributed by atoms with van der Waals surface area (Å²) in [4.78, 5) is 0. The van der Waals surface area contributed by atoms with Crippen LogP contribution in [-0.2, 0) is 6.54 Å². The molecule has 6 heteroatoms. The highest BCUT2D eigenvalue weighted by molar-refractivity contribution is 5.64. The van der Waals surface area contributed by atoms with E-state index >= 15 is 0 Å². The van der Waals surface area contributed by atoms with Crippen molar-refractivity contribution in [3.05, 3.63) is 41.1 Å². The van der Waals surface area contributed by atoms with Crippen molar-refractivity contribution in [2.24, 2.45) is 0 Å². The molecule has 0 aliphatic heterocycles. The van der Waals surface area contributed by atoms with Crippen molar-refractivity contribution >= 4 is 0 Å². The molecule has 120 valence electrons. The number of aryl methyl sites for hydroxylation is 2. The van der Waals surface area contributed by atoms with E-state index in [1.165, 1.54) is 11.1 Å². The Bertz CT molecular complexity index is 613. The number of aliphatic hydroxyl groups excluding tert-OH is 3. The summed E-state index contributed by atoms with van der Waals surface area (Å²) >= 11 is 0. The van der Waals surface area contributed by atoms with Gasteiger partial charge in [0.25, 0.3) is 0 Å². The molecule has 0 aliphatic carbocycles. The lowest BCUT2D eigenvalue weighted by atomic mass is 10.0. The van der Waals surface area contributed by atoms with Crippen LogP contribution >= 0.6 is 0 Å². The van der Waals surface area contributed by atoms with Crippen LogP contribution in [0.5, 0.6) is 0 Å². The maximum absolute atomic E-state index is 9.35. The molecule has 2 rings (SSSR count). The monoisotopic (exact) mass is 305 g/mol. The summed E-state index contributed by atoms with van der Waals surface area (Å²) in [5, 5.41) is 38.1. The fraction of sp³-hybridized carbons (Fsp3) is 0.438. The van der Waals surface area contributed by atoms with Gasteiger partial charge < -0.3 is 20.6 Å². The van der Waals surface area contributed by atoms with E-state index in [2.05, 4.69) is 41.5 Å². The van der Waals surface area contributed by atoms with Crippen LogP contribution in [0.3, 0.4) is 0 Å². The molecule has 6 nitrogen and oxygen atoms in total. The second kappa shape index (κ2) is 7.02. The molecule has 1 aromatic carbocycles. The third kappa shape index (κ3) is 3.36. The summed E-state index contributed by atoms with van der Waals surface area (Å²) < 4.78 is 0. The fourth-order valence-corrected chi connectivity index (χ4v) is 2.19. The molecular weight excluding hydrogens is 282 g/mol. The van der Waals surface area contributed by atoms with E-state index in [4.69, 9.17) is 0 Å². The van der Waals surface area contributed by atoms with Gasteiger partial charge in [-0.15, -0.1) is 0 Å². The number of rotatable bonds is 7. The van der Waals surface area contributed by atoms with Crippen LogP contribution in [0.2, 0.25) is 0 Å². The van der Waals surface area contributed by atoms with Gasteiger partial charge in [0.05, 0.1) is 37.3 Å². The van der Waals surface area contributed by atoms with Gasteiger partial charge in [-0.05, 0) is 31.0 Å². The Kier molecular flexibility index (Phi) is 5.31. The molecule has 1 heterocycles. The molecule has 22 heavy (non-hydrogen) atoms. The molecule has 0 radical (unpaired) electrons. The van der Waals surface area contributed by atoms with Gasteiger partial charge in [-0.1, -0.05) is 12.1 Å². The second-order valence-electron chi connectivity index (χ2n) is 5.68. The van der Waals surface area contributed by atoms with Crippen molar-refractivity contribution in [3.8, 4) is 11.3 Å². The number of hydrogen-bond donors (Lipinski definition) is 5. The first kappa shape index (κ1) is 16.6. The van der Waals surface area contributed by atoms with Crippen LogP contribution in [0.4, 0.5) is 0 Å². The zero-order chi connectivity index (χ0) is 16.2. The second-order valence-corrected chi connectivity index (χ2v) is 5.68. The number of aromatic nitrogens is 2. The van der Waals surface area contributed by atoms with E-state index in [1.54, 1.807) is 6.20 Å². The van der Waals surface area contributed by atoms with Crippen LogP contribution in [-0.4, -0.2) is 50.9 Å². The number of aromatic amines is 1. The van der Waals surface area contributed by atoms with E-state index in [-0.39, 0.29) is 19.8 Å². The van der Waals surface area contributed by atoms with E-state index in [0.29, 0.717) is 6.54 Å². The van der Waals surface area contributed by atoms with Crippen molar-refractivity contribution in [3.63, 3.8) is 0 Å². The third-order valence-corrected chi connectivity index (χ3v) is 4.08. The Morgan fingerprint density at radius 3 is 2.36 bits per heavy atom. The highest BCUT2D eigenvalue weighted by atomic mass is 16.3. The largest absolute Gasteiger partial charge is 0.394 e. The molecule has 0 spiro atoms. The zero-order valence-corrected chi connectivity index (χ0v) is 12.9. The number of aliphatic hydroxyl groups is 3. The summed E-state index contributed by atoms with van der Waals surface area (Å²) in [6.07, 6.45) is 1.70. The topological polar surface area (TPSA) is 101 Å². The summed E-state index contributed by atoms with van der Waals surface area (Å²) in [5.74, 6) is 0. The normalized spacial score (nSPS) is 11.9. The first-order valence-corrected chi connectivity index (χ1v) is 7.22. The van der Waals surface area contributed by atoms with Gasteiger partial charge in [0.1, 0.15) is 0 Å². The Hall–Kier alpha value is -1.73. The van der Waals surface area contributed by atoms with Gasteiger partial charge in [-0.25, -0.2) is 0 Å². The number of H-pyrrole nitrogens is 1. The molecular formula is C16H23N3O3. The molecule has 0 saturated heterocycles. The average molecular weight is 305 g/mol. The van der Waals surface area contributed by atoms with E-state index in [9.17, 15) is 15.3 Å². The highest BCUT2D eigenvalue weighted by Crippen LogP contribution is 2.23. The van der Waals surface area contributed by atoms with E-state index in [0.717, 1.165) is 16.8 Å². The Morgan fingerprint density at radius 1 is 1.09 bits per heavy atom. The van der Waals surface area contributed by atoms with Crippen LogP contribution in [0.25, 0.3) is 11.3 Å². The van der Waals surface area contributed by atoms with Crippen molar-refractivity contribution < 1.29 is 15.3 Å². The first-order chi connectivity index (χ1) is 10.5. The Labute approximate surface area is 129 Å². The Balaban J connectivity index is 2.21. The molecule has 0 amide bonds. The fourth-order valence-electron chi connectivity index (χ4n) is 2.19. The predicted octanol–water partition coefficient (Wildman–Crippen LogP) is 0.499. The molecule has 0 atom stereocenters. The lowest BCUT2D eigenvalue weighted by molar-refractivity contribution is 0.0414. The maximum atomic E-state index is 9.35. The first-order valence-electron chi connectivity index (χ1n) is 7.22. The number of nitrogens with zero attached hydrogens (tertiary/aromatic N) is 1. The number of nitrogens with one attached hydrogen (secondary N) is 2. The zero-order valence-electron chi connectivity index (χ0n) is 12.9. The average Bonchev–Trinajstić information content (AvgIpc) is 3.00. The SMILES string of the molecule is Cc1ccc(-c2[nH]ncc2CNC(CO)(CO)CO)cc1C. The lowest BCUT2D eigenvalue weighted by Crippen LogP contribution is -2.54. The van der Waals surface area contributed by atoms with Crippen LogP contribution in [0.1, 0.15) is 16.7 Å². The number of hydrogen-bond acceptors (Lipinski definition) is 5. The molecule has 0 fully saturated rings. The van der Waals surface area contributed by atoms with Crippen LogP contribution in [0.15, 0.2) is 24.4 Å². The summed E-state index contributed by atoms with van der Waals surface area (Å²) in [6, 6.07) is 6.17. The van der Waals surface area contributed by atoms with Gasteiger partial charge in [-0.2, -0.15) is 5.10 Å². The summed E-state index contributed by atoms with van der Waals surface area (Å²) in [6.45, 7) is 3.44. The number of benzene rings is 1. The van der Waals surface area contributed by atoms with E-state index < -0.39 is 5.54 Å². The standard InChI is InChI=1S/C16H23N3O3/c1-11-3-4-13(5-12(11)2)15-14(7-18-19-15)6-17-16(8-20,9-21)10-22/h3-5,7,17,20-22H,6,8-10H2,1-2H3,(H,18,19). The predicted molar refractivity (Wildman–Crippen MR) is 84.3 cm³/mol. The van der Waals surface area contributed by atoms with Crippen LogP contribution < -0.4 is 5.32 Å². The van der Waals surface area contributed by atoms with Crippen LogP contribution in [0, 0.1) is 13.8 Å². The third-order valence-electron chi connectivity index (χ3n) is 4.08. The summed E-state index contributed by atoms with van der Waals surface area (Å²) in [7, 11) is 0. The van der Waals surface area contributed by atoms with Crippen molar-refractivity contribution in [1.82, 2.24) is 15.5 Å². The highest BCUT2D eigenvalue weighted by Gasteiger charge is 2.27. The van der Waals surface area contributed by atoms with Crippen molar-refractivity contribution in [1.29, 1.82) is 0 Å². The smallest absolute Gasteiger partial charge is 0.0884 e. The molecule has 0 aliphatic rings. The van der Waals surface area contributed by atoms with E-state index in [1.807, 2.05) is 6.07 Å². The van der Waals surface area contributed by atoms with Gasteiger partial charge >= 0.3 is 0 Å². The molecule has 2 aromatic rings. The maximum Gasteiger partial charge on any atom is 0.0884 e. The van der Waals surface area contributed by atoms with Gasteiger partial charge in [0, 0.05) is 17.7 Å². The van der Waals surface area contributed by atoms with Gasteiger partial charge in [-0.3, -0.25) is 5.10 Å². The molecule has 0 unspecified atom stereocenters. The molecule has 0 bridgehead atoms. The summed E-state index contributed by atoms with van der Waals surface area (Å²) in [5.41, 5.74) is 4.14. The lowest BCUT2D eigenvalue weighted by Gasteiger charge is -2.28. The van der Waals surface area contributed by atoms with Crippen molar-refractivity contribution in [2.45, 2.75) is 25.9 Å². The minimum atomic E-state index is -1.10. The molecule has 0 saturated carbocycles. The molecule has 1 aromatic heterocycles. The Morgan fingerprint density at radius 2 is 1.77 bits per heavy atom. The minimum Gasteiger partial charge on any atom is -0.394 e. The van der Waals surface area contributed by atoms with Gasteiger partial charge in [0.2, 0.25) is 0 Å². The van der Waals surface area contributed by atoms with Crippen molar-refractivity contribution in [2.75, 3.05) is 19.8 Å². The molecule has 5 N–H and O–H groups in total. The quantitative estimate of drug-likeness (QED) is 0.513. The minimum absolute atomic E-state index is 0.350. The van der Waals surface area contributed by atoms with Gasteiger partial charge in [0.15, 0.2) is 0 Å².